The molecule has 0 amide bonds. The summed E-state index contributed by atoms with van der Waals surface area (Å²) in [5.41, 5.74) is 1.28. The van der Waals surface area contributed by atoms with Crippen molar-refractivity contribution in [3.8, 4) is 0 Å². The minimum atomic E-state index is 0.900. The van der Waals surface area contributed by atoms with Crippen molar-refractivity contribution in [1.29, 1.82) is 0 Å². The Balaban J connectivity index is 2.19. The Bertz CT molecular complexity index is 397. The summed E-state index contributed by atoms with van der Waals surface area (Å²) >= 11 is 0. The Hall–Kier alpha value is -1.32. The second-order valence-electron chi connectivity index (χ2n) is 5.36. The Morgan fingerprint density at radius 2 is 2.00 bits per heavy atom. The average Bonchev–Trinajstić information content (AvgIpc) is 2.48. The van der Waals surface area contributed by atoms with Crippen LogP contribution in [0, 0.1) is 5.92 Å². The molecule has 4 nitrogen and oxygen atoms in total. The third-order valence-electron chi connectivity index (χ3n) is 4.15. The van der Waals surface area contributed by atoms with E-state index < -0.39 is 0 Å². The highest BCUT2D eigenvalue weighted by molar-refractivity contribution is 5.58. The summed E-state index contributed by atoms with van der Waals surface area (Å²) in [7, 11) is 1.94. The summed E-state index contributed by atoms with van der Waals surface area (Å²) in [5.74, 6) is 3.04. The van der Waals surface area contributed by atoms with Gasteiger partial charge in [0, 0.05) is 25.7 Å². The summed E-state index contributed by atoms with van der Waals surface area (Å²) in [5, 5.41) is 3.20. The molecule has 0 bridgehead atoms. The number of hydrogen-bond acceptors (Lipinski definition) is 4. The molecule has 1 fully saturated rings. The molecule has 1 aliphatic heterocycles. The quantitative estimate of drug-likeness (QED) is 0.885. The van der Waals surface area contributed by atoms with E-state index in [0.29, 0.717) is 0 Å². The predicted molar refractivity (Wildman–Crippen MR) is 80.8 cm³/mol. The lowest BCUT2D eigenvalue weighted by molar-refractivity contribution is 0.393. The zero-order valence-electron chi connectivity index (χ0n) is 12.4. The van der Waals surface area contributed by atoms with Crippen LogP contribution >= 0.6 is 0 Å². The van der Waals surface area contributed by atoms with Gasteiger partial charge in [-0.05, 0) is 25.2 Å². The Morgan fingerprint density at radius 1 is 1.26 bits per heavy atom. The number of hydrogen-bond donors (Lipinski definition) is 1. The van der Waals surface area contributed by atoms with E-state index >= 15 is 0 Å². The van der Waals surface area contributed by atoms with Crippen LogP contribution in [-0.2, 0) is 6.42 Å². The van der Waals surface area contributed by atoms with Crippen LogP contribution in [0.15, 0.2) is 6.33 Å². The normalized spacial score (nSPS) is 16.7. The largest absolute Gasteiger partial charge is 0.373 e. The number of aromatic nitrogens is 2. The van der Waals surface area contributed by atoms with Crippen molar-refractivity contribution in [2.75, 3.05) is 30.4 Å². The molecule has 1 aliphatic rings. The fourth-order valence-electron chi connectivity index (χ4n) is 2.92. The van der Waals surface area contributed by atoms with E-state index in [1.165, 1.54) is 24.8 Å². The molecule has 4 heteroatoms. The summed E-state index contributed by atoms with van der Waals surface area (Å²) in [6, 6.07) is 0. The van der Waals surface area contributed by atoms with Gasteiger partial charge in [0.05, 0.1) is 0 Å². The van der Waals surface area contributed by atoms with Crippen molar-refractivity contribution in [3.05, 3.63) is 11.9 Å². The molecule has 19 heavy (non-hydrogen) atoms. The van der Waals surface area contributed by atoms with Crippen molar-refractivity contribution >= 4 is 11.6 Å². The van der Waals surface area contributed by atoms with Crippen molar-refractivity contribution in [2.45, 2.75) is 46.0 Å². The van der Waals surface area contributed by atoms with Crippen LogP contribution < -0.4 is 10.2 Å². The standard InChI is InChI=1S/C15H26N4/c1-4-6-13-14(16-3)17-11-18-15(13)19-9-7-12(5-2)8-10-19/h11-12H,4-10H2,1-3H3,(H,16,17,18). The van der Waals surface area contributed by atoms with Gasteiger partial charge in [0.1, 0.15) is 18.0 Å². The van der Waals surface area contributed by atoms with Gasteiger partial charge in [-0.25, -0.2) is 9.97 Å². The fourth-order valence-corrected chi connectivity index (χ4v) is 2.92. The maximum absolute atomic E-state index is 4.56. The monoisotopic (exact) mass is 262 g/mol. The topological polar surface area (TPSA) is 41.1 Å². The number of piperidine rings is 1. The maximum Gasteiger partial charge on any atom is 0.137 e. The number of anilines is 2. The first-order valence-corrected chi connectivity index (χ1v) is 7.56. The van der Waals surface area contributed by atoms with E-state index in [1.54, 1.807) is 6.33 Å². The molecule has 0 aromatic carbocycles. The van der Waals surface area contributed by atoms with Crippen LogP contribution in [0.4, 0.5) is 11.6 Å². The third-order valence-corrected chi connectivity index (χ3v) is 4.15. The minimum absolute atomic E-state index is 0.900. The van der Waals surface area contributed by atoms with Crippen molar-refractivity contribution < 1.29 is 0 Å². The van der Waals surface area contributed by atoms with Gasteiger partial charge in [0.15, 0.2) is 0 Å². The summed E-state index contributed by atoms with van der Waals surface area (Å²) in [6.07, 6.45) is 7.75. The van der Waals surface area contributed by atoms with E-state index in [9.17, 15) is 0 Å². The SMILES string of the molecule is CCCc1c(NC)ncnc1N1CCC(CC)CC1. The van der Waals surface area contributed by atoms with Crippen LogP contribution in [0.1, 0.15) is 45.1 Å². The molecule has 1 aromatic heterocycles. The molecule has 0 radical (unpaired) electrons. The molecule has 1 aromatic rings. The maximum atomic E-state index is 4.56. The van der Waals surface area contributed by atoms with Crippen molar-refractivity contribution in [3.63, 3.8) is 0 Å². The lowest BCUT2D eigenvalue weighted by Gasteiger charge is -2.33. The first-order chi connectivity index (χ1) is 9.30. The Morgan fingerprint density at radius 3 is 2.58 bits per heavy atom. The van der Waals surface area contributed by atoms with E-state index in [-0.39, 0.29) is 0 Å². The zero-order chi connectivity index (χ0) is 13.7. The van der Waals surface area contributed by atoms with E-state index in [4.69, 9.17) is 0 Å². The first kappa shape index (κ1) is 14.1. The molecule has 2 rings (SSSR count). The molecule has 0 saturated carbocycles. The third kappa shape index (κ3) is 3.17. The fraction of sp³-hybridized carbons (Fsp3) is 0.733. The average molecular weight is 262 g/mol. The van der Waals surface area contributed by atoms with Gasteiger partial charge in [0.2, 0.25) is 0 Å². The summed E-state index contributed by atoms with van der Waals surface area (Å²) in [4.78, 5) is 11.4. The van der Waals surface area contributed by atoms with Crippen LogP contribution in [0.3, 0.4) is 0 Å². The van der Waals surface area contributed by atoms with E-state index in [0.717, 1.165) is 43.5 Å². The summed E-state index contributed by atoms with van der Waals surface area (Å²) in [6.45, 7) is 6.77. The molecule has 0 unspecified atom stereocenters. The highest BCUT2D eigenvalue weighted by atomic mass is 15.2. The van der Waals surface area contributed by atoms with E-state index in [1.807, 2.05) is 7.05 Å². The number of nitrogens with one attached hydrogen (secondary N) is 1. The van der Waals surface area contributed by atoms with E-state index in [2.05, 4.69) is 34.0 Å². The molecule has 0 spiro atoms. The molecular weight excluding hydrogens is 236 g/mol. The van der Waals surface area contributed by atoms with Crippen LogP contribution in [0.2, 0.25) is 0 Å². The highest BCUT2D eigenvalue weighted by Gasteiger charge is 2.22. The zero-order valence-corrected chi connectivity index (χ0v) is 12.4. The van der Waals surface area contributed by atoms with Crippen LogP contribution in [-0.4, -0.2) is 30.1 Å². The number of nitrogens with zero attached hydrogens (tertiary/aromatic N) is 3. The lowest BCUT2D eigenvalue weighted by atomic mass is 9.94. The van der Waals surface area contributed by atoms with Crippen LogP contribution in [0.5, 0.6) is 0 Å². The smallest absolute Gasteiger partial charge is 0.137 e. The van der Waals surface area contributed by atoms with Crippen molar-refractivity contribution in [2.24, 2.45) is 5.92 Å². The molecular formula is C15H26N4. The predicted octanol–water partition coefficient (Wildman–Crippen LogP) is 3.10. The van der Waals surface area contributed by atoms with Gasteiger partial charge in [-0.1, -0.05) is 26.7 Å². The molecule has 0 aliphatic carbocycles. The van der Waals surface area contributed by atoms with Crippen molar-refractivity contribution in [1.82, 2.24) is 9.97 Å². The van der Waals surface area contributed by atoms with Gasteiger partial charge in [-0.2, -0.15) is 0 Å². The van der Waals surface area contributed by atoms with Gasteiger partial charge >= 0.3 is 0 Å². The van der Waals surface area contributed by atoms with Gasteiger partial charge in [-0.15, -0.1) is 0 Å². The summed E-state index contributed by atoms with van der Waals surface area (Å²) < 4.78 is 0. The highest BCUT2D eigenvalue weighted by Crippen LogP contribution is 2.29. The Labute approximate surface area is 116 Å². The minimum Gasteiger partial charge on any atom is -0.373 e. The molecule has 106 valence electrons. The van der Waals surface area contributed by atoms with Crippen LogP contribution in [0.25, 0.3) is 0 Å². The molecule has 1 N–H and O–H groups in total. The van der Waals surface area contributed by atoms with Gasteiger partial charge < -0.3 is 10.2 Å². The first-order valence-electron chi connectivity index (χ1n) is 7.56. The molecule has 0 atom stereocenters. The number of rotatable bonds is 5. The molecule has 2 heterocycles. The lowest BCUT2D eigenvalue weighted by Crippen LogP contribution is -2.35. The second-order valence-corrected chi connectivity index (χ2v) is 5.36. The Kier molecular flexibility index (Phi) is 5.00. The second kappa shape index (κ2) is 6.73. The van der Waals surface area contributed by atoms with Gasteiger partial charge in [-0.3, -0.25) is 0 Å². The molecule has 1 saturated heterocycles. The van der Waals surface area contributed by atoms with Gasteiger partial charge in [0.25, 0.3) is 0 Å².